The smallest absolute Gasteiger partial charge is 0.318 e. The number of nitrogens with one attached hydrogen (secondary N) is 1. The third kappa shape index (κ3) is 4.76. The van der Waals surface area contributed by atoms with Gasteiger partial charge in [-0.25, -0.2) is 4.79 Å². The van der Waals surface area contributed by atoms with Crippen LogP contribution in [0, 0.1) is 6.92 Å². The fraction of sp³-hybridized carbons (Fsp3) is 0.381. The minimum absolute atomic E-state index is 0.0602. The van der Waals surface area contributed by atoms with Crippen molar-refractivity contribution in [3.8, 4) is 5.75 Å². The van der Waals surface area contributed by atoms with Gasteiger partial charge < -0.3 is 20.1 Å². The lowest BCUT2D eigenvalue weighted by molar-refractivity contribution is 0.0792. The summed E-state index contributed by atoms with van der Waals surface area (Å²) in [5.41, 5.74) is 2.98. The summed E-state index contributed by atoms with van der Waals surface area (Å²) in [7, 11) is 0. The Bertz CT molecular complexity index is 742. The van der Waals surface area contributed by atoms with Crippen molar-refractivity contribution in [1.82, 2.24) is 10.2 Å². The van der Waals surface area contributed by atoms with Crippen molar-refractivity contribution in [2.45, 2.75) is 39.0 Å². The van der Waals surface area contributed by atoms with Crippen LogP contribution >= 0.6 is 0 Å². The Morgan fingerprint density at radius 3 is 2.62 bits per heavy atom. The van der Waals surface area contributed by atoms with E-state index in [2.05, 4.69) is 5.32 Å². The number of carbonyl (C=O) groups is 1. The number of para-hydroxylation sites is 1. The van der Waals surface area contributed by atoms with Gasteiger partial charge in [-0.2, -0.15) is 0 Å². The molecule has 1 heterocycles. The highest BCUT2D eigenvalue weighted by Crippen LogP contribution is 2.20. The first-order valence-corrected chi connectivity index (χ1v) is 9.09. The minimum atomic E-state index is -0.146. The second-order valence-corrected chi connectivity index (χ2v) is 6.73. The van der Waals surface area contributed by atoms with Crippen molar-refractivity contribution in [2.75, 3.05) is 13.2 Å². The summed E-state index contributed by atoms with van der Waals surface area (Å²) >= 11 is 0. The summed E-state index contributed by atoms with van der Waals surface area (Å²) in [5, 5.41) is 13.1. The summed E-state index contributed by atoms with van der Waals surface area (Å²) in [6.45, 7) is 4.14. The van der Waals surface area contributed by atoms with Crippen LogP contribution in [0.3, 0.4) is 0 Å². The molecule has 0 aromatic heterocycles. The second-order valence-electron chi connectivity index (χ2n) is 6.73. The van der Waals surface area contributed by atoms with Gasteiger partial charge in [-0.15, -0.1) is 0 Å². The van der Waals surface area contributed by atoms with Gasteiger partial charge in [-0.1, -0.05) is 42.5 Å². The zero-order chi connectivity index (χ0) is 18.4. The van der Waals surface area contributed by atoms with Gasteiger partial charge in [-0.3, -0.25) is 0 Å². The number of nitrogens with zero attached hydrogens (tertiary/aromatic N) is 1. The number of urea groups is 1. The molecule has 2 amide bonds. The summed E-state index contributed by atoms with van der Waals surface area (Å²) in [5.74, 6) is 0.205. The van der Waals surface area contributed by atoms with Crippen LogP contribution in [0.15, 0.2) is 48.5 Å². The first kappa shape index (κ1) is 18.3. The first-order chi connectivity index (χ1) is 12.6. The summed E-state index contributed by atoms with van der Waals surface area (Å²) in [6, 6.07) is 15.0. The quantitative estimate of drug-likeness (QED) is 0.833. The van der Waals surface area contributed by atoms with E-state index in [0.717, 1.165) is 36.1 Å². The summed E-state index contributed by atoms with van der Waals surface area (Å²) in [6.07, 6.45) is 2.05. The van der Waals surface area contributed by atoms with Gasteiger partial charge in [0.05, 0.1) is 12.6 Å². The van der Waals surface area contributed by atoms with Crippen molar-refractivity contribution in [2.24, 2.45) is 0 Å². The summed E-state index contributed by atoms with van der Waals surface area (Å²) < 4.78 is 5.70. The number of phenolic OH excluding ortho intramolecular Hbond substituents is 1. The molecule has 1 unspecified atom stereocenters. The number of ether oxygens (including phenoxy) is 1. The van der Waals surface area contributed by atoms with E-state index in [-0.39, 0.29) is 17.9 Å². The molecule has 1 aliphatic rings. The monoisotopic (exact) mass is 354 g/mol. The highest BCUT2D eigenvalue weighted by Gasteiger charge is 2.23. The van der Waals surface area contributed by atoms with Gasteiger partial charge in [0.15, 0.2) is 0 Å². The largest absolute Gasteiger partial charge is 0.508 e. The molecule has 2 aromatic carbocycles. The Morgan fingerprint density at radius 2 is 1.92 bits per heavy atom. The van der Waals surface area contributed by atoms with Crippen LogP contribution in [0.5, 0.6) is 5.75 Å². The number of aromatic hydroxyl groups is 1. The van der Waals surface area contributed by atoms with E-state index in [4.69, 9.17) is 4.74 Å². The molecule has 1 atom stereocenters. The van der Waals surface area contributed by atoms with Crippen molar-refractivity contribution in [1.29, 1.82) is 0 Å². The van der Waals surface area contributed by atoms with E-state index in [1.807, 2.05) is 43.3 Å². The van der Waals surface area contributed by atoms with Gasteiger partial charge in [-0.05, 0) is 37.0 Å². The lowest BCUT2D eigenvalue weighted by Crippen LogP contribution is -2.43. The topological polar surface area (TPSA) is 61.8 Å². The number of carbonyl (C=O) groups excluding carboxylic acids is 1. The Morgan fingerprint density at radius 1 is 1.19 bits per heavy atom. The standard InChI is InChI=1S/C21H26N2O3/c1-16-7-2-3-8-17(16)13-22-21(25)23(15-19-10-6-12-26-19)14-18-9-4-5-11-20(18)24/h2-5,7-9,11,19,24H,6,10,12-15H2,1H3,(H,22,25). The molecule has 5 nitrogen and oxygen atoms in total. The highest BCUT2D eigenvalue weighted by molar-refractivity contribution is 5.74. The Hall–Kier alpha value is -2.53. The van der Waals surface area contributed by atoms with Gasteiger partial charge in [0, 0.05) is 25.3 Å². The van der Waals surface area contributed by atoms with E-state index in [1.165, 1.54) is 0 Å². The molecule has 0 spiro atoms. The Balaban J connectivity index is 1.68. The van der Waals surface area contributed by atoms with E-state index < -0.39 is 0 Å². The molecule has 1 fully saturated rings. The fourth-order valence-electron chi connectivity index (χ4n) is 3.19. The molecule has 26 heavy (non-hydrogen) atoms. The molecule has 3 rings (SSSR count). The Labute approximate surface area is 154 Å². The molecule has 1 saturated heterocycles. The zero-order valence-electron chi connectivity index (χ0n) is 15.1. The van der Waals surface area contributed by atoms with Gasteiger partial charge >= 0.3 is 6.03 Å². The average molecular weight is 354 g/mol. The third-order valence-corrected chi connectivity index (χ3v) is 4.78. The van der Waals surface area contributed by atoms with Gasteiger partial charge in [0.2, 0.25) is 0 Å². The van der Waals surface area contributed by atoms with E-state index in [9.17, 15) is 9.90 Å². The van der Waals surface area contributed by atoms with Crippen LogP contribution in [0.2, 0.25) is 0 Å². The summed E-state index contributed by atoms with van der Waals surface area (Å²) in [4.78, 5) is 14.5. The van der Waals surface area contributed by atoms with Crippen molar-refractivity contribution in [3.63, 3.8) is 0 Å². The van der Waals surface area contributed by atoms with Crippen LogP contribution in [0.25, 0.3) is 0 Å². The molecule has 5 heteroatoms. The second kappa shape index (κ2) is 8.72. The Kier molecular flexibility index (Phi) is 6.12. The van der Waals surface area contributed by atoms with Crippen molar-refractivity contribution in [3.05, 3.63) is 65.2 Å². The number of rotatable bonds is 6. The molecule has 1 aliphatic heterocycles. The van der Waals surface area contributed by atoms with E-state index in [0.29, 0.717) is 19.6 Å². The van der Waals surface area contributed by atoms with Crippen molar-refractivity contribution >= 4 is 6.03 Å². The van der Waals surface area contributed by atoms with Crippen LogP contribution in [-0.4, -0.2) is 35.3 Å². The number of hydrogen-bond donors (Lipinski definition) is 2. The fourth-order valence-corrected chi connectivity index (χ4v) is 3.19. The number of hydrogen-bond acceptors (Lipinski definition) is 3. The molecule has 138 valence electrons. The highest BCUT2D eigenvalue weighted by atomic mass is 16.5. The normalized spacial score (nSPS) is 16.4. The van der Waals surface area contributed by atoms with Gasteiger partial charge in [0.1, 0.15) is 5.75 Å². The number of benzene rings is 2. The van der Waals surface area contributed by atoms with E-state index >= 15 is 0 Å². The maximum absolute atomic E-state index is 12.8. The third-order valence-electron chi connectivity index (χ3n) is 4.78. The molecule has 0 aliphatic carbocycles. The molecule has 0 saturated carbocycles. The van der Waals surface area contributed by atoms with Crippen LogP contribution in [-0.2, 0) is 17.8 Å². The first-order valence-electron chi connectivity index (χ1n) is 9.09. The lowest BCUT2D eigenvalue weighted by Gasteiger charge is -2.26. The molecule has 2 N–H and O–H groups in total. The average Bonchev–Trinajstić information content (AvgIpc) is 3.15. The number of amides is 2. The van der Waals surface area contributed by atoms with Crippen LogP contribution in [0.4, 0.5) is 4.79 Å². The predicted molar refractivity (Wildman–Crippen MR) is 101 cm³/mol. The van der Waals surface area contributed by atoms with E-state index in [1.54, 1.807) is 17.0 Å². The van der Waals surface area contributed by atoms with Gasteiger partial charge in [0.25, 0.3) is 0 Å². The minimum Gasteiger partial charge on any atom is -0.508 e. The number of aryl methyl sites for hydroxylation is 1. The lowest BCUT2D eigenvalue weighted by atomic mass is 10.1. The maximum Gasteiger partial charge on any atom is 0.318 e. The predicted octanol–water partition coefficient (Wildman–Crippen LogP) is 3.59. The molecular formula is C21H26N2O3. The zero-order valence-corrected chi connectivity index (χ0v) is 15.1. The molecule has 0 bridgehead atoms. The maximum atomic E-state index is 12.8. The SMILES string of the molecule is Cc1ccccc1CNC(=O)N(Cc1ccccc1O)CC1CCCO1. The van der Waals surface area contributed by atoms with Crippen LogP contribution in [0.1, 0.15) is 29.5 Å². The molecular weight excluding hydrogens is 328 g/mol. The van der Waals surface area contributed by atoms with Crippen LogP contribution < -0.4 is 5.32 Å². The van der Waals surface area contributed by atoms with Crippen molar-refractivity contribution < 1.29 is 14.6 Å². The molecule has 0 radical (unpaired) electrons. The number of phenols is 1. The molecule has 2 aromatic rings.